The normalized spacial score (nSPS) is 17.8. The number of thiophene rings is 1. The molecule has 3 nitrogen and oxygen atoms in total. The third-order valence-electron chi connectivity index (χ3n) is 3.06. The molecule has 1 unspecified atom stereocenters. The molecular formula is C14H14N2OS. The maximum absolute atomic E-state index is 12.0. The van der Waals surface area contributed by atoms with Crippen LogP contribution in [-0.4, -0.2) is 5.91 Å². The highest BCUT2D eigenvalue weighted by Gasteiger charge is 2.24. The van der Waals surface area contributed by atoms with Gasteiger partial charge in [0, 0.05) is 15.4 Å². The molecule has 1 aromatic heterocycles. The first kappa shape index (κ1) is 11.3. The number of fused-ring (bicyclic) bond motifs is 1. The number of aryl methyl sites for hydroxylation is 1. The van der Waals surface area contributed by atoms with Gasteiger partial charge in [0.15, 0.2) is 0 Å². The number of anilines is 1. The first-order valence-electron chi connectivity index (χ1n) is 6.03. The minimum absolute atomic E-state index is 0.0131. The number of carbonyl (C=O) groups is 1. The van der Waals surface area contributed by atoms with E-state index in [0.29, 0.717) is 5.56 Å². The van der Waals surface area contributed by atoms with Crippen molar-refractivity contribution in [3.63, 3.8) is 0 Å². The highest BCUT2D eigenvalue weighted by Crippen LogP contribution is 2.30. The van der Waals surface area contributed by atoms with Gasteiger partial charge in [-0.15, -0.1) is 11.3 Å². The molecule has 0 saturated heterocycles. The first-order valence-corrected chi connectivity index (χ1v) is 6.84. The summed E-state index contributed by atoms with van der Waals surface area (Å²) < 4.78 is 0. The van der Waals surface area contributed by atoms with Crippen molar-refractivity contribution < 1.29 is 4.79 Å². The Morgan fingerprint density at radius 3 is 2.78 bits per heavy atom. The highest BCUT2D eigenvalue weighted by atomic mass is 32.1. The number of rotatable bonds is 2. The van der Waals surface area contributed by atoms with Crippen LogP contribution in [0.25, 0.3) is 0 Å². The highest BCUT2D eigenvalue weighted by molar-refractivity contribution is 7.12. The summed E-state index contributed by atoms with van der Waals surface area (Å²) in [5.74, 6) is -0.0131. The average Bonchev–Trinajstić information content (AvgIpc) is 2.87. The Morgan fingerprint density at radius 1 is 1.17 bits per heavy atom. The molecule has 0 spiro atoms. The minimum Gasteiger partial charge on any atom is -0.360 e. The largest absolute Gasteiger partial charge is 0.360 e. The Morgan fingerprint density at radius 2 is 2.00 bits per heavy atom. The van der Waals surface area contributed by atoms with Crippen LogP contribution in [0.4, 0.5) is 5.69 Å². The minimum atomic E-state index is -0.113. The summed E-state index contributed by atoms with van der Waals surface area (Å²) >= 11 is 1.74. The number of hydrogen-bond donors (Lipinski definition) is 2. The second-order valence-electron chi connectivity index (χ2n) is 4.25. The second-order valence-corrected chi connectivity index (χ2v) is 5.45. The van der Waals surface area contributed by atoms with Gasteiger partial charge in [-0.05, 0) is 30.7 Å². The number of para-hydroxylation sites is 1. The van der Waals surface area contributed by atoms with Gasteiger partial charge in [-0.1, -0.05) is 19.1 Å². The Labute approximate surface area is 110 Å². The molecule has 0 fully saturated rings. The van der Waals surface area contributed by atoms with Crippen LogP contribution in [0.1, 0.15) is 33.2 Å². The van der Waals surface area contributed by atoms with Crippen LogP contribution in [0.2, 0.25) is 0 Å². The standard InChI is InChI=1S/C14H14N2OS/c1-2-9-7-8-12(18-9)13-15-11-6-4-3-5-10(11)14(17)16-13/h3-8,13,15H,2H2,1H3,(H,16,17). The molecule has 1 amide bonds. The zero-order valence-electron chi connectivity index (χ0n) is 10.1. The summed E-state index contributed by atoms with van der Waals surface area (Å²) in [6, 6.07) is 11.8. The summed E-state index contributed by atoms with van der Waals surface area (Å²) in [6.45, 7) is 2.14. The van der Waals surface area contributed by atoms with Crippen LogP contribution in [-0.2, 0) is 6.42 Å². The van der Waals surface area contributed by atoms with Gasteiger partial charge >= 0.3 is 0 Å². The van der Waals surface area contributed by atoms with E-state index in [9.17, 15) is 4.79 Å². The zero-order valence-corrected chi connectivity index (χ0v) is 10.9. The van der Waals surface area contributed by atoms with Crippen molar-refractivity contribution >= 4 is 22.9 Å². The fraction of sp³-hybridized carbons (Fsp3) is 0.214. The number of nitrogens with one attached hydrogen (secondary N) is 2. The first-order chi connectivity index (χ1) is 8.78. The van der Waals surface area contributed by atoms with Gasteiger partial charge in [0.05, 0.1) is 5.56 Å². The van der Waals surface area contributed by atoms with Gasteiger partial charge < -0.3 is 10.6 Å². The van der Waals surface area contributed by atoms with E-state index in [1.165, 1.54) is 4.88 Å². The number of carbonyl (C=O) groups excluding carboxylic acids is 1. The molecule has 4 heteroatoms. The van der Waals surface area contributed by atoms with Gasteiger partial charge in [0.2, 0.25) is 0 Å². The van der Waals surface area contributed by atoms with E-state index >= 15 is 0 Å². The molecule has 2 aromatic rings. The van der Waals surface area contributed by atoms with Crippen molar-refractivity contribution in [2.24, 2.45) is 0 Å². The van der Waals surface area contributed by atoms with Crippen LogP contribution in [0, 0.1) is 0 Å². The summed E-state index contributed by atoms with van der Waals surface area (Å²) in [4.78, 5) is 14.5. The lowest BCUT2D eigenvalue weighted by atomic mass is 10.1. The Bertz CT molecular complexity index is 591. The molecule has 0 aliphatic carbocycles. The lowest BCUT2D eigenvalue weighted by Crippen LogP contribution is -2.37. The van der Waals surface area contributed by atoms with Gasteiger partial charge in [0.1, 0.15) is 6.17 Å². The Balaban J connectivity index is 1.92. The third kappa shape index (κ3) is 1.88. The van der Waals surface area contributed by atoms with Crippen LogP contribution in [0.3, 0.4) is 0 Å². The van der Waals surface area contributed by atoms with E-state index in [-0.39, 0.29) is 12.1 Å². The van der Waals surface area contributed by atoms with E-state index in [0.717, 1.165) is 17.0 Å². The van der Waals surface area contributed by atoms with Gasteiger partial charge in [-0.25, -0.2) is 0 Å². The van der Waals surface area contributed by atoms with Crippen molar-refractivity contribution in [1.82, 2.24) is 5.32 Å². The van der Waals surface area contributed by atoms with Crippen molar-refractivity contribution in [3.8, 4) is 0 Å². The second kappa shape index (κ2) is 4.46. The molecule has 0 saturated carbocycles. The van der Waals surface area contributed by atoms with E-state index in [4.69, 9.17) is 0 Å². The summed E-state index contributed by atoms with van der Waals surface area (Å²) in [6.07, 6.45) is 0.916. The van der Waals surface area contributed by atoms with Crippen LogP contribution in [0.15, 0.2) is 36.4 Å². The fourth-order valence-electron chi connectivity index (χ4n) is 2.09. The number of hydrogen-bond acceptors (Lipinski definition) is 3. The molecule has 0 bridgehead atoms. The fourth-order valence-corrected chi connectivity index (χ4v) is 3.04. The monoisotopic (exact) mass is 258 g/mol. The van der Waals surface area contributed by atoms with Crippen molar-refractivity contribution in [2.75, 3.05) is 5.32 Å². The lowest BCUT2D eigenvalue weighted by molar-refractivity contribution is 0.0936. The molecule has 18 heavy (non-hydrogen) atoms. The molecule has 2 N–H and O–H groups in total. The van der Waals surface area contributed by atoms with Crippen molar-refractivity contribution in [2.45, 2.75) is 19.5 Å². The summed E-state index contributed by atoms with van der Waals surface area (Å²) in [7, 11) is 0. The quantitative estimate of drug-likeness (QED) is 0.868. The molecule has 92 valence electrons. The Kier molecular flexibility index (Phi) is 2.80. The molecule has 1 aromatic carbocycles. The SMILES string of the molecule is CCc1ccc(C2NC(=O)c3ccccc3N2)s1. The predicted molar refractivity (Wildman–Crippen MR) is 74.0 cm³/mol. The van der Waals surface area contributed by atoms with E-state index in [2.05, 4.69) is 29.7 Å². The number of benzene rings is 1. The van der Waals surface area contributed by atoms with Crippen molar-refractivity contribution in [3.05, 3.63) is 51.7 Å². The topological polar surface area (TPSA) is 41.1 Å². The molecule has 3 rings (SSSR count). The maximum atomic E-state index is 12.0. The number of amides is 1. The summed E-state index contributed by atoms with van der Waals surface area (Å²) in [5.41, 5.74) is 1.61. The van der Waals surface area contributed by atoms with Crippen LogP contribution < -0.4 is 10.6 Å². The molecule has 1 atom stereocenters. The molecule has 1 aliphatic heterocycles. The smallest absolute Gasteiger partial charge is 0.255 e. The van der Waals surface area contributed by atoms with E-state index in [1.807, 2.05) is 24.3 Å². The van der Waals surface area contributed by atoms with Gasteiger partial charge in [0.25, 0.3) is 5.91 Å². The van der Waals surface area contributed by atoms with Crippen LogP contribution in [0.5, 0.6) is 0 Å². The third-order valence-corrected chi connectivity index (χ3v) is 4.36. The van der Waals surface area contributed by atoms with E-state index < -0.39 is 0 Å². The van der Waals surface area contributed by atoms with Gasteiger partial charge in [-0.2, -0.15) is 0 Å². The molecule has 0 radical (unpaired) electrons. The van der Waals surface area contributed by atoms with Gasteiger partial charge in [-0.3, -0.25) is 4.79 Å². The van der Waals surface area contributed by atoms with E-state index in [1.54, 1.807) is 11.3 Å². The Hall–Kier alpha value is -1.81. The molecular weight excluding hydrogens is 244 g/mol. The molecule has 2 heterocycles. The molecule has 1 aliphatic rings. The average molecular weight is 258 g/mol. The maximum Gasteiger partial charge on any atom is 0.255 e. The van der Waals surface area contributed by atoms with Crippen molar-refractivity contribution in [1.29, 1.82) is 0 Å². The zero-order chi connectivity index (χ0) is 12.5. The lowest BCUT2D eigenvalue weighted by Gasteiger charge is -2.26. The predicted octanol–water partition coefficient (Wildman–Crippen LogP) is 3.16. The summed E-state index contributed by atoms with van der Waals surface area (Å²) in [5, 5.41) is 6.35. The van der Waals surface area contributed by atoms with Crippen LogP contribution >= 0.6 is 11.3 Å².